The highest BCUT2D eigenvalue weighted by molar-refractivity contribution is 6.39. The van der Waals surface area contributed by atoms with Crippen molar-refractivity contribution < 1.29 is 19.5 Å². The van der Waals surface area contributed by atoms with Gasteiger partial charge in [-0.05, 0) is 60.9 Å². The Morgan fingerprint density at radius 2 is 1.69 bits per heavy atom. The molecule has 1 aliphatic heterocycles. The Balaban J connectivity index is 2.05. The molecule has 4 amide bonds. The first-order valence-electron chi connectivity index (χ1n) is 7.74. The van der Waals surface area contributed by atoms with Crippen LogP contribution in [0.25, 0.3) is 6.08 Å². The van der Waals surface area contributed by atoms with Crippen LogP contribution in [-0.4, -0.2) is 23.0 Å². The molecule has 0 unspecified atom stereocenters. The van der Waals surface area contributed by atoms with E-state index in [1.165, 1.54) is 24.3 Å². The molecule has 0 bridgehead atoms. The number of aromatic hydroxyl groups is 1. The van der Waals surface area contributed by atoms with Crippen molar-refractivity contribution in [2.24, 2.45) is 0 Å². The van der Waals surface area contributed by atoms with Crippen LogP contribution in [-0.2, 0) is 9.59 Å². The van der Waals surface area contributed by atoms with Gasteiger partial charge < -0.3 is 5.11 Å². The van der Waals surface area contributed by atoms with Gasteiger partial charge in [0, 0.05) is 0 Å². The summed E-state index contributed by atoms with van der Waals surface area (Å²) < 4.78 is 0. The molecule has 0 aliphatic carbocycles. The normalized spacial score (nSPS) is 16.2. The Morgan fingerprint density at radius 3 is 2.31 bits per heavy atom. The summed E-state index contributed by atoms with van der Waals surface area (Å²) in [6, 6.07) is 8.77. The van der Waals surface area contributed by atoms with Crippen molar-refractivity contribution in [3.05, 3.63) is 63.7 Å². The largest absolute Gasteiger partial charge is 0.506 e. The summed E-state index contributed by atoms with van der Waals surface area (Å²) in [6.45, 7) is 3.70. The number of rotatable bonds is 2. The third-order valence-corrected chi connectivity index (χ3v) is 4.15. The predicted octanol–water partition coefficient (Wildman–Crippen LogP) is 3.33. The number of hydrogen-bond donors (Lipinski definition) is 2. The van der Waals surface area contributed by atoms with E-state index in [1.807, 2.05) is 19.9 Å². The van der Waals surface area contributed by atoms with Gasteiger partial charge in [0.05, 0.1) is 10.7 Å². The number of carbonyl (C=O) groups is 3. The molecule has 2 aromatic rings. The highest BCUT2D eigenvalue weighted by atomic mass is 35.5. The number of amides is 4. The number of phenolic OH excluding ortho intramolecular Hbond substituents is 1. The lowest BCUT2D eigenvalue weighted by atomic mass is 10.1. The minimum atomic E-state index is -0.800. The third kappa shape index (κ3) is 3.32. The zero-order valence-corrected chi connectivity index (χ0v) is 14.8. The number of benzene rings is 2. The second kappa shape index (κ2) is 6.65. The molecule has 0 atom stereocenters. The van der Waals surface area contributed by atoms with Gasteiger partial charge in [-0.15, -0.1) is 0 Å². The van der Waals surface area contributed by atoms with Crippen LogP contribution in [0.1, 0.15) is 16.7 Å². The lowest BCUT2D eigenvalue weighted by molar-refractivity contribution is -0.122. The van der Waals surface area contributed by atoms with E-state index in [4.69, 9.17) is 11.6 Å². The molecule has 1 heterocycles. The van der Waals surface area contributed by atoms with Crippen LogP contribution in [0.3, 0.4) is 0 Å². The van der Waals surface area contributed by atoms with E-state index in [0.717, 1.165) is 16.0 Å². The SMILES string of the molecule is Cc1cc(C)cc(N2C(=O)NC(=O)/C(=C\c3ccc(O)c(Cl)c3)C2=O)c1. The molecule has 6 nitrogen and oxygen atoms in total. The van der Waals surface area contributed by atoms with Crippen molar-refractivity contribution in [3.8, 4) is 5.75 Å². The molecule has 1 fully saturated rings. The van der Waals surface area contributed by atoms with Gasteiger partial charge in [-0.2, -0.15) is 0 Å². The Morgan fingerprint density at radius 1 is 1.04 bits per heavy atom. The number of anilines is 1. The van der Waals surface area contributed by atoms with E-state index in [2.05, 4.69) is 5.32 Å². The molecule has 0 aromatic heterocycles. The molecule has 7 heteroatoms. The summed E-state index contributed by atoms with van der Waals surface area (Å²) in [5, 5.41) is 11.7. The average molecular weight is 371 g/mol. The van der Waals surface area contributed by atoms with Crippen LogP contribution in [0.15, 0.2) is 42.0 Å². The van der Waals surface area contributed by atoms with Crippen LogP contribution in [0.2, 0.25) is 5.02 Å². The number of carbonyl (C=O) groups excluding carboxylic acids is 3. The van der Waals surface area contributed by atoms with Gasteiger partial charge in [0.15, 0.2) is 0 Å². The molecule has 3 rings (SSSR count). The summed E-state index contributed by atoms with van der Waals surface area (Å²) in [5.74, 6) is -1.63. The lowest BCUT2D eigenvalue weighted by Gasteiger charge is -2.27. The van der Waals surface area contributed by atoms with Crippen LogP contribution >= 0.6 is 11.6 Å². The molecule has 0 radical (unpaired) electrons. The summed E-state index contributed by atoms with van der Waals surface area (Å²) in [6.07, 6.45) is 1.32. The van der Waals surface area contributed by atoms with Crippen LogP contribution in [0.4, 0.5) is 10.5 Å². The van der Waals surface area contributed by atoms with Gasteiger partial charge in [-0.1, -0.05) is 23.7 Å². The van der Waals surface area contributed by atoms with Crippen LogP contribution < -0.4 is 10.2 Å². The standard InChI is InChI=1S/C19H15ClN2O4/c1-10-5-11(2)7-13(6-10)22-18(25)14(17(24)21-19(22)26)8-12-3-4-16(23)15(20)9-12/h3-9,23H,1-2H3,(H,21,24,26)/b14-8+. The monoisotopic (exact) mass is 370 g/mol. The maximum Gasteiger partial charge on any atom is 0.335 e. The molecule has 2 N–H and O–H groups in total. The fourth-order valence-corrected chi connectivity index (χ4v) is 2.94. The maximum atomic E-state index is 12.8. The number of imide groups is 2. The van der Waals surface area contributed by atoms with Gasteiger partial charge in [0.2, 0.25) is 0 Å². The number of nitrogens with zero attached hydrogens (tertiary/aromatic N) is 1. The first kappa shape index (κ1) is 17.7. The van der Waals surface area contributed by atoms with Crippen molar-refractivity contribution in [1.82, 2.24) is 5.32 Å². The number of barbiturate groups is 1. The molecule has 26 heavy (non-hydrogen) atoms. The van der Waals surface area contributed by atoms with Crippen molar-refractivity contribution in [2.75, 3.05) is 4.90 Å². The Bertz CT molecular complexity index is 961. The molecular formula is C19H15ClN2O4. The summed E-state index contributed by atoms with van der Waals surface area (Å²) >= 11 is 5.86. The number of aryl methyl sites for hydroxylation is 2. The van der Waals surface area contributed by atoms with Gasteiger partial charge in [-0.25, -0.2) is 9.69 Å². The highest BCUT2D eigenvalue weighted by Crippen LogP contribution is 2.27. The fourth-order valence-electron chi connectivity index (χ4n) is 2.75. The minimum absolute atomic E-state index is 0.0882. The quantitative estimate of drug-likeness (QED) is 0.627. The number of phenols is 1. The van der Waals surface area contributed by atoms with Gasteiger partial charge in [0.25, 0.3) is 11.8 Å². The Hall–Kier alpha value is -3.12. The average Bonchev–Trinajstić information content (AvgIpc) is 2.53. The van der Waals surface area contributed by atoms with Crippen LogP contribution in [0.5, 0.6) is 5.75 Å². The highest BCUT2D eigenvalue weighted by Gasteiger charge is 2.36. The van der Waals surface area contributed by atoms with E-state index in [9.17, 15) is 19.5 Å². The fraction of sp³-hybridized carbons (Fsp3) is 0.105. The predicted molar refractivity (Wildman–Crippen MR) is 98.0 cm³/mol. The molecule has 0 spiro atoms. The van der Waals surface area contributed by atoms with E-state index in [0.29, 0.717) is 11.3 Å². The van der Waals surface area contributed by atoms with E-state index in [-0.39, 0.29) is 16.3 Å². The number of nitrogens with one attached hydrogen (secondary N) is 1. The second-order valence-corrected chi connectivity index (χ2v) is 6.42. The van der Waals surface area contributed by atoms with Crippen molar-refractivity contribution in [2.45, 2.75) is 13.8 Å². The molecular weight excluding hydrogens is 356 g/mol. The van der Waals surface area contributed by atoms with Crippen molar-refractivity contribution in [3.63, 3.8) is 0 Å². The number of halogens is 1. The van der Waals surface area contributed by atoms with Crippen molar-refractivity contribution in [1.29, 1.82) is 0 Å². The van der Waals surface area contributed by atoms with Crippen molar-refractivity contribution >= 4 is 41.2 Å². The molecule has 1 saturated heterocycles. The minimum Gasteiger partial charge on any atom is -0.506 e. The van der Waals surface area contributed by atoms with Crippen LogP contribution in [0, 0.1) is 13.8 Å². The second-order valence-electron chi connectivity index (χ2n) is 6.01. The van der Waals surface area contributed by atoms with E-state index < -0.39 is 17.8 Å². The van der Waals surface area contributed by atoms with E-state index >= 15 is 0 Å². The molecule has 132 valence electrons. The zero-order valence-electron chi connectivity index (χ0n) is 14.0. The first-order chi connectivity index (χ1) is 12.3. The Labute approximate surface area is 154 Å². The summed E-state index contributed by atoms with van der Waals surface area (Å²) in [4.78, 5) is 38.1. The summed E-state index contributed by atoms with van der Waals surface area (Å²) in [7, 11) is 0. The molecule has 1 aliphatic rings. The topological polar surface area (TPSA) is 86.7 Å². The third-order valence-electron chi connectivity index (χ3n) is 3.85. The number of hydrogen-bond acceptors (Lipinski definition) is 4. The lowest BCUT2D eigenvalue weighted by Crippen LogP contribution is -2.54. The summed E-state index contributed by atoms with van der Waals surface area (Å²) in [5.41, 5.74) is 2.39. The molecule has 0 saturated carbocycles. The zero-order chi connectivity index (χ0) is 19.0. The van der Waals surface area contributed by atoms with Gasteiger partial charge in [-0.3, -0.25) is 14.9 Å². The van der Waals surface area contributed by atoms with Gasteiger partial charge >= 0.3 is 6.03 Å². The first-order valence-corrected chi connectivity index (χ1v) is 8.12. The molecule has 2 aromatic carbocycles. The smallest absolute Gasteiger partial charge is 0.335 e. The number of urea groups is 1. The Kier molecular flexibility index (Phi) is 4.52. The maximum absolute atomic E-state index is 12.8. The van der Waals surface area contributed by atoms with Gasteiger partial charge in [0.1, 0.15) is 11.3 Å². The van der Waals surface area contributed by atoms with E-state index in [1.54, 1.807) is 12.1 Å².